The van der Waals surface area contributed by atoms with Crippen molar-refractivity contribution in [2.45, 2.75) is 32.9 Å². The normalized spacial score (nSPS) is 11.4. The molecule has 18 heavy (non-hydrogen) atoms. The van der Waals surface area contributed by atoms with Gasteiger partial charge in [0, 0.05) is 41.9 Å². The van der Waals surface area contributed by atoms with Crippen molar-refractivity contribution >= 4 is 21.7 Å². The molecule has 0 aliphatic carbocycles. The fraction of sp³-hybridized carbons (Fsp3) is 0.500. The minimum atomic E-state index is 0.0938. The molecule has 1 aromatic rings. The van der Waals surface area contributed by atoms with Gasteiger partial charge in [0.2, 0.25) is 0 Å². The van der Waals surface area contributed by atoms with Crippen LogP contribution in [-0.4, -0.2) is 24.1 Å². The van der Waals surface area contributed by atoms with E-state index in [-0.39, 0.29) is 5.54 Å². The first-order chi connectivity index (χ1) is 8.33. The lowest BCUT2D eigenvalue weighted by Gasteiger charge is -2.24. The van der Waals surface area contributed by atoms with Crippen LogP contribution in [0.1, 0.15) is 26.3 Å². The molecule has 0 fully saturated rings. The van der Waals surface area contributed by atoms with E-state index < -0.39 is 0 Å². The van der Waals surface area contributed by atoms with E-state index >= 15 is 0 Å². The lowest BCUT2D eigenvalue weighted by atomic mass is 10.1. The Balaban J connectivity index is 2.93. The lowest BCUT2D eigenvalue weighted by Crippen LogP contribution is -2.35. The van der Waals surface area contributed by atoms with Crippen molar-refractivity contribution < 1.29 is 0 Å². The Morgan fingerprint density at radius 3 is 2.72 bits per heavy atom. The van der Waals surface area contributed by atoms with E-state index in [9.17, 15) is 0 Å². The molecule has 1 aromatic heterocycles. The van der Waals surface area contributed by atoms with E-state index in [0.717, 1.165) is 23.4 Å². The van der Waals surface area contributed by atoms with Crippen molar-refractivity contribution in [3.8, 4) is 0 Å². The highest BCUT2D eigenvalue weighted by Crippen LogP contribution is 2.21. The van der Waals surface area contributed by atoms with Crippen LogP contribution < -0.4 is 10.2 Å². The first-order valence-corrected chi connectivity index (χ1v) is 6.84. The van der Waals surface area contributed by atoms with Gasteiger partial charge in [-0.05, 0) is 42.8 Å². The van der Waals surface area contributed by atoms with Crippen LogP contribution in [0.3, 0.4) is 0 Å². The highest BCUT2D eigenvalue weighted by atomic mass is 79.9. The van der Waals surface area contributed by atoms with E-state index in [1.807, 2.05) is 19.3 Å². The van der Waals surface area contributed by atoms with Crippen molar-refractivity contribution in [1.29, 1.82) is 0 Å². The van der Waals surface area contributed by atoms with Gasteiger partial charge in [-0.15, -0.1) is 6.58 Å². The largest absolute Gasteiger partial charge is 0.356 e. The molecule has 1 heterocycles. The molecule has 1 rings (SSSR count). The van der Waals surface area contributed by atoms with Gasteiger partial charge in [0.05, 0.1) is 0 Å². The average molecular weight is 312 g/mol. The van der Waals surface area contributed by atoms with Crippen LogP contribution in [0.2, 0.25) is 0 Å². The summed E-state index contributed by atoms with van der Waals surface area (Å²) in [7, 11) is 2.03. The summed E-state index contributed by atoms with van der Waals surface area (Å²) < 4.78 is 1.00. The van der Waals surface area contributed by atoms with Gasteiger partial charge in [-0.3, -0.25) is 0 Å². The maximum atomic E-state index is 4.49. The topological polar surface area (TPSA) is 28.2 Å². The van der Waals surface area contributed by atoms with Crippen LogP contribution in [-0.2, 0) is 6.54 Å². The number of aromatic nitrogens is 1. The van der Waals surface area contributed by atoms with Crippen molar-refractivity contribution in [1.82, 2.24) is 10.3 Å². The third-order valence-corrected chi connectivity index (χ3v) is 2.92. The molecule has 0 aliphatic rings. The minimum Gasteiger partial charge on any atom is -0.356 e. The monoisotopic (exact) mass is 311 g/mol. The average Bonchev–Trinajstić information content (AvgIpc) is 2.25. The zero-order chi connectivity index (χ0) is 13.8. The molecule has 3 nitrogen and oxygen atoms in total. The Kier molecular flexibility index (Phi) is 5.35. The smallest absolute Gasteiger partial charge is 0.133 e. The number of hydrogen-bond donors (Lipinski definition) is 1. The second kappa shape index (κ2) is 6.34. The summed E-state index contributed by atoms with van der Waals surface area (Å²) in [5.41, 5.74) is 1.28. The van der Waals surface area contributed by atoms with E-state index in [1.165, 1.54) is 5.56 Å². The number of halogens is 1. The molecule has 100 valence electrons. The van der Waals surface area contributed by atoms with Gasteiger partial charge in [-0.2, -0.15) is 0 Å². The van der Waals surface area contributed by atoms with Gasteiger partial charge >= 0.3 is 0 Å². The molecular weight excluding hydrogens is 290 g/mol. The quantitative estimate of drug-likeness (QED) is 0.845. The Morgan fingerprint density at radius 2 is 2.17 bits per heavy atom. The number of pyridine rings is 1. The molecule has 1 N–H and O–H groups in total. The second-order valence-corrected chi connectivity index (χ2v) is 6.32. The minimum absolute atomic E-state index is 0.0938. The summed E-state index contributed by atoms with van der Waals surface area (Å²) in [6.07, 6.45) is 3.71. The summed E-state index contributed by atoms with van der Waals surface area (Å²) in [6.45, 7) is 11.8. The number of rotatable bonds is 5. The van der Waals surface area contributed by atoms with E-state index in [4.69, 9.17) is 0 Å². The second-order valence-electron chi connectivity index (χ2n) is 5.41. The highest BCUT2D eigenvalue weighted by molar-refractivity contribution is 9.10. The Labute approximate surface area is 118 Å². The molecule has 0 saturated heterocycles. The Morgan fingerprint density at radius 1 is 1.50 bits per heavy atom. The van der Waals surface area contributed by atoms with E-state index in [1.54, 1.807) is 0 Å². The number of hydrogen-bond acceptors (Lipinski definition) is 3. The molecule has 0 spiro atoms. The van der Waals surface area contributed by atoms with E-state index in [0.29, 0.717) is 0 Å². The summed E-state index contributed by atoms with van der Waals surface area (Å²) in [6, 6.07) is 2.11. The van der Waals surface area contributed by atoms with Gasteiger partial charge in [0.15, 0.2) is 0 Å². The molecule has 4 heteroatoms. The first-order valence-electron chi connectivity index (χ1n) is 6.05. The highest BCUT2D eigenvalue weighted by Gasteiger charge is 2.13. The maximum Gasteiger partial charge on any atom is 0.133 e. The van der Waals surface area contributed by atoms with Crippen LogP contribution in [0.4, 0.5) is 5.82 Å². The van der Waals surface area contributed by atoms with Crippen LogP contribution in [0, 0.1) is 0 Å². The fourth-order valence-corrected chi connectivity index (χ4v) is 1.97. The van der Waals surface area contributed by atoms with Crippen LogP contribution >= 0.6 is 15.9 Å². The molecule has 0 radical (unpaired) electrons. The summed E-state index contributed by atoms with van der Waals surface area (Å²) in [4.78, 5) is 6.59. The van der Waals surface area contributed by atoms with Gasteiger partial charge < -0.3 is 10.2 Å². The third-order valence-electron chi connectivity index (χ3n) is 2.48. The van der Waals surface area contributed by atoms with Gasteiger partial charge in [-0.25, -0.2) is 4.98 Å². The molecule has 0 bridgehead atoms. The van der Waals surface area contributed by atoms with Crippen LogP contribution in [0.5, 0.6) is 0 Å². The molecule has 0 saturated carbocycles. The first kappa shape index (κ1) is 15.2. The fourth-order valence-electron chi connectivity index (χ4n) is 1.59. The zero-order valence-corrected chi connectivity index (χ0v) is 13.2. The van der Waals surface area contributed by atoms with Crippen molar-refractivity contribution in [3.05, 3.63) is 35.0 Å². The number of anilines is 1. The van der Waals surface area contributed by atoms with Crippen molar-refractivity contribution in [2.75, 3.05) is 18.5 Å². The van der Waals surface area contributed by atoms with Crippen molar-refractivity contribution in [3.63, 3.8) is 0 Å². The van der Waals surface area contributed by atoms with Gasteiger partial charge in [-0.1, -0.05) is 6.08 Å². The van der Waals surface area contributed by atoms with Gasteiger partial charge in [0.1, 0.15) is 5.82 Å². The third kappa shape index (κ3) is 4.78. The molecule has 0 unspecified atom stereocenters. The predicted octanol–water partition coefficient (Wildman–Crippen LogP) is 3.35. The van der Waals surface area contributed by atoms with Gasteiger partial charge in [0.25, 0.3) is 0 Å². The maximum absolute atomic E-state index is 4.49. The van der Waals surface area contributed by atoms with E-state index in [2.05, 4.69) is 64.5 Å². The zero-order valence-electron chi connectivity index (χ0n) is 11.6. The summed E-state index contributed by atoms with van der Waals surface area (Å²) in [5.74, 6) is 0.995. The molecular formula is C14H22BrN3. The number of nitrogens with zero attached hydrogens (tertiary/aromatic N) is 2. The lowest BCUT2D eigenvalue weighted by molar-refractivity contribution is 0.424. The number of likely N-dealkylation sites (N-methyl/N-ethyl adjacent to an activating group) is 1. The van der Waals surface area contributed by atoms with Crippen LogP contribution in [0.15, 0.2) is 29.4 Å². The molecule has 0 aliphatic heterocycles. The Hall–Kier alpha value is -0.870. The van der Waals surface area contributed by atoms with Crippen molar-refractivity contribution in [2.24, 2.45) is 0 Å². The Bertz CT molecular complexity index is 410. The standard InChI is InChI=1S/C14H22BrN3/c1-6-7-18(5)13-11(8-12(15)10-16-13)9-17-14(2,3)4/h6,8,10,17H,1,7,9H2,2-5H3. The number of nitrogens with one attached hydrogen (secondary N) is 1. The SMILES string of the molecule is C=CCN(C)c1ncc(Br)cc1CNC(C)(C)C. The molecule has 0 aromatic carbocycles. The predicted molar refractivity (Wildman–Crippen MR) is 82.0 cm³/mol. The molecule has 0 amide bonds. The van der Waals surface area contributed by atoms with Crippen LogP contribution in [0.25, 0.3) is 0 Å². The summed E-state index contributed by atoms with van der Waals surface area (Å²) >= 11 is 3.48. The molecule has 0 atom stereocenters. The summed E-state index contributed by atoms with van der Waals surface area (Å²) in [5, 5.41) is 3.49.